The second-order valence-electron chi connectivity index (χ2n) is 7.40. The van der Waals surface area contributed by atoms with Gasteiger partial charge in [-0.1, -0.05) is 41.1 Å². The van der Waals surface area contributed by atoms with Crippen LogP contribution in [0.4, 0.5) is 0 Å². The predicted molar refractivity (Wildman–Crippen MR) is 106 cm³/mol. The van der Waals surface area contributed by atoms with Gasteiger partial charge in [0.25, 0.3) is 5.89 Å². The zero-order chi connectivity index (χ0) is 19.1. The first kappa shape index (κ1) is 16.7. The molecule has 1 N–H and O–H groups in total. The average molecular weight is 372 g/mol. The number of carbonyl (C=O) groups excluding carboxylic acids is 1. The van der Waals surface area contributed by atoms with Gasteiger partial charge in [0.1, 0.15) is 0 Å². The van der Waals surface area contributed by atoms with Gasteiger partial charge < -0.3 is 14.4 Å². The van der Waals surface area contributed by atoms with Gasteiger partial charge in [-0.3, -0.25) is 4.79 Å². The standard InChI is InChI=1S/C22H20N4O2/c1-14-2-4-15(5-3-14)12-26-13-18(11-20(26)27)21-24-22(28-25-21)17-7-6-16-8-9-23-19(16)10-17/h2-10,18,23H,11-13H2,1H3. The van der Waals surface area contributed by atoms with Crippen molar-refractivity contribution in [3.05, 3.63) is 71.7 Å². The van der Waals surface area contributed by atoms with Crippen molar-refractivity contribution < 1.29 is 9.32 Å². The molecule has 1 fully saturated rings. The van der Waals surface area contributed by atoms with Crippen LogP contribution in [0.3, 0.4) is 0 Å². The first-order valence-electron chi connectivity index (χ1n) is 9.40. The molecular formula is C22H20N4O2. The number of aromatic amines is 1. The molecule has 1 saturated heterocycles. The van der Waals surface area contributed by atoms with Crippen molar-refractivity contribution in [2.75, 3.05) is 6.54 Å². The van der Waals surface area contributed by atoms with Crippen molar-refractivity contribution in [3.8, 4) is 11.5 Å². The molecule has 1 aliphatic heterocycles. The number of hydrogen-bond acceptors (Lipinski definition) is 4. The van der Waals surface area contributed by atoms with Crippen LogP contribution in [0.5, 0.6) is 0 Å². The molecule has 28 heavy (non-hydrogen) atoms. The van der Waals surface area contributed by atoms with Crippen LogP contribution in [0.1, 0.15) is 29.3 Å². The average Bonchev–Trinajstić information content (AvgIpc) is 3.43. The zero-order valence-electron chi connectivity index (χ0n) is 15.6. The number of likely N-dealkylation sites (tertiary alicyclic amines) is 1. The molecule has 2 aromatic heterocycles. The molecule has 1 amide bonds. The molecule has 6 nitrogen and oxygen atoms in total. The van der Waals surface area contributed by atoms with E-state index in [0.717, 1.165) is 22.0 Å². The number of amides is 1. The lowest BCUT2D eigenvalue weighted by molar-refractivity contribution is -0.128. The Kier molecular flexibility index (Phi) is 3.97. The number of aryl methyl sites for hydroxylation is 1. The maximum atomic E-state index is 12.5. The van der Waals surface area contributed by atoms with Crippen molar-refractivity contribution in [1.82, 2.24) is 20.0 Å². The van der Waals surface area contributed by atoms with E-state index < -0.39 is 0 Å². The summed E-state index contributed by atoms with van der Waals surface area (Å²) in [6.45, 7) is 3.29. The molecule has 2 aromatic carbocycles. The number of aromatic nitrogens is 3. The Balaban J connectivity index is 1.33. The van der Waals surface area contributed by atoms with Crippen molar-refractivity contribution in [2.24, 2.45) is 0 Å². The summed E-state index contributed by atoms with van der Waals surface area (Å²) in [4.78, 5) is 22.1. The lowest BCUT2D eigenvalue weighted by Gasteiger charge is -2.16. The fourth-order valence-electron chi connectivity index (χ4n) is 3.71. The minimum Gasteiger partial charge on any atom is -0.361 e. The summed E-state index contributed by atoms with van der Waals surface area (Å²) >= 11 is 0. The summed E-state index contributed by atoms with van der Waals surface area (Å²) in [7, 11) is 0. The molecule has 1 atom stereocenters. The second-order valence-corrected chi connectivity index (χ2v) is 7.40. The number of benzene rings is 2. The third-order valence-corrected chi connectivity index (χ3v) is 5.32. The lowest BCUT2D eigenvalue weighted by atomic mass is 10.1. The molecule has 0 saturated carbocycles. The normalized spacial score (nSPS) is 17.0. The fourth-order valence-corrected chi connectivity index (χ4v) is 3.71. The van der Waals surface area contributed by atoms with E-state index in [4.69, 9.17) is 4.52 Å². The van der Waals surface area contributed by atoms with E-state index >= 15 is 0 Å². The van der Waals surface area contributed by atoms with Gasteiger partial charge in [-0.2, -0.15) is 4.98 Å². The van der Waals surface area contributed by atoms with E-state index in [2.05, 4.69) is 46.3 Å². The van der Waals surface area contributed by atoms with E-state index in [0.29, 0.717) is 31.2 Å². The first-order valence-corrected chi connectivity index (χ1v) is 9.40. The van der Waals surface area contributed by atoms with Gasteiger partial charge in [-0.05, 0) is 36.1 Å². The minimum absolute atomic E-state index is 0.0373. The Hall–Kier alpha value is -3.41. The highest BCUT2D eigenvalue weighted by Gasteiger charge is 2.33. The van der Waals surface area contributed by atoms with Crippen LogP contribution in [0.2, 0.25) is 0 Å². The Morgan fingerprint density at radius 1 is 1.18 bits per heavy atom. The third kappa shape index (κ3) is 3.07. The van der Waals surface area contributed by atoms with Gasteiger partial charge in [0.15, 0.2) is 5.82 Å². The molecule has 0 spiro atoms. The summed E-state index contributed by atoms with van der Waals surface area (Å²) < 4.78 is 5.49. The zero-order valence-corrected chi connectivity index (χ0v) is 15.6. The van der Waals surface area contributed by atoms with E-state index in [1.807, 2.05) is 35.4 Å². The van der Waals surface area contributed by atoms with E-state index in [1.165, 1.54) is 5.56 Å². The van der Waals surface area contributed by atoms with Gasteiger partial charge in [-0.25, -0.2) is 0 Å². The fraction of sp³-hybridized carbons (Fsp3) is 0.227. The molecular weight excluding hydrogens is 352 g/mol. The molecule has 1 unspecified atom stereocenters. The van der Waals surface area contributed by atoms with Crippen LogP contribution in [0.15, 0.2) is 59.3 Å². The topological polar surface area (TPSA) is 75.0 Å². The largest absolute Gasteiger partial charge is 0.361 e. The number of hydrogen-bond donors (Lipinski definition) is 1. The van der Waals surface area contributed by atoms with Gasteiger partial charge in [0.2, 0.25) is 5.91 Å². The predicted octanol–water partition coefficient (Wildman–Crippen LogP) is 4.04. The molecule has 6 heteroatoms. The smallest absolute Gasteiger partial charge is 0.258 e. The number of rotatable bonds is 4. The van der Waals surface area contributed by atoms with Gasteiger partial charge in [0.05, 0.1) is 0 Å². The molecule has 140 valence electrons. The summed E-state index contributed by atoms with van der Waals surface area (Å²) in [6.07, 6.45) is 2.32. The highest BCUT2D eigenvalue weighted by Crippen LogP contribution is 2.30. The summed E-state index contributed by atoms with van der Waals surface area (Å²) in [5.41, 5.74) is 4.24. The lowest BCUT2D eigenvalue weighted by Crippen LogP contribution is -2.24. The monoisotopic (exact) mass is 372 g/mol. The Morgan fingerprint density at radius 3 is 2.89 bits per heavy atom. The van der Waals surface area contributed by atoms with Crippen molar-refractivity contribution in [1.29, 1.82) is 0 Å². The second kappa shape index (κ2) is 6.64. The van der Waals surface area contributed by atoms with Crippen molar-refractivity contribution in [3.63, 3.8) is 0 Å². The number of carbonyl (C=O) groups is 1. The number of fused-ring (bicyclic) bond motifs is 1. The van der Waals surface area contributed by atoms with Crippen LogP contribution in [0.25, 0.3) is 22.4 Å². The highest BCUT2D eigenvalue weighted by atomic mass is 16.5. The van der Waals surface area contributed by atoms with Crippen molar-refractivity contribution in [2.45, 2.75) is 25.8 Å². The molecule has 0 radical (unpaired) electrons. The van der Waals surface area contributed by atoms with E-state index in [1.54, 1.807) is 0 Å². The number of nitrogens with one attached hydrogen (secondary N) is 1. The Bertz CT molecular complexity index is 1140. The van der Waals surface area contributed by atoms with Gasteiger partial charge in [-0.15, -0.1) is 0 Å². The SMILES string of the molecule is Cc1ccc(CN2CC(c3noc(-c4ccc5cc[nH]c5c4)n3)CC2=O)cc1. The molecule has 3 heterocycles. The maximum absolute atomic E-state index is 12.5. The summed E-state index contributed by atoms with van der Waals surface area (Å²) in [6, 6.07) is 16.3. The number of nitrogens with zero attached hydrogens (tertiary/aromatic N) is 3. The van der Waals surface area contributed by atoms with Crippen molar-refractivity contribution >= 4 is 16.8 Å². The van der Waals surface area contributed by atoms with Gasteiger partial charge in [0, 0.05) is 42.7 Å². The van der Waals surface area contributed by atoms with Crippen LogP contribution in [0, 0.1) is 6.92 Å². The quantitative estimate of drug-likeness (QED) is 0.587. The highest BCUT2D eigenvalue weighted by molar-refractivity contribution is 5.83. The van der Waals surface area contributed by atoms with E-state index in [-0.39, 0.29) is 11.8 Å². The van der Waals surface area contributed by atoms with E-state index in [9.17, 15) is 4.79 Å². The molecule has 0 bridgehead atoms. The summed E-state index contributed by atoms with van der Waals surface area (Å²) in [5.74, 6) is 1.17. The molecule has 5 rings (SSSR count). The maximum Gasteiger partial charge on any atom is 0.258 e. The minimum atomic E-state index is -0.0373. The molecule has 1 aliphatic rings. The van der Waals surface area contributed by atoms with Crippen LogP contribution in [-0.4, -0.2) is 32.5 Å². The molecule has 0 aliphatic carbocycles. The van der Waals surface area contributed by atoms with Crippen LogP contribution < -0.4 is 0 Å². The Morgan fingerprint density at radius 2 is 2.04 bits per heavy atom. The number of H-pyrrole nitrogens is 1. The summed E-state index contributed by atoms with van der Waals surface area (Å²) in [5, 5.41) is 5.29. The van der Waals surface area contributed by atoms with Crippen LogP contribution >= 0.6 is 0 Å². The van der Waals surface area contributed by atoms with Gasteiger partial charge >= 0.3 is 0 Å². The van der Waals surface area contributed by atoms with Crippen LogP contribution in [-0.2, 0) is 11.3 Å². The first-order chi connectivity index (χ1) is 13.7. The third-order valence-electron chi connectivity index (χ3n) is 5.32. The Labute approximate surface area is 162 Å². The molecule has 4 aromatic rings.